The summed E-state index contributed by atoms with van der Waals surface area (Å²) in [7, 11) is 0. The van der Waals surface area contributed by atoms with Crippen molar-refractivity contribution >= 4 is 18.2 Å². The van der Waals surface area contributed by atoms with Crippen LogP contribution in [0.1, 0.15) is 16.9 Å². The maximum Gasteiger partial charge on any atom is 0.277 e. The predicted octanol–water partition coefficient (Wildman–Crippen LogP) is 3.09. The van der Waals surface area contributed by atoms with E-state index in [-0.39, 0.29) is 12.5 Å². The summed E-state index contributed by atoms with van der Waals surface area (Å²) in [6.45, 7) is 3.87. The zero-order valence-corrected chi connectivity index (χ0v) is 12.6. The molecule has 0 aliphatic carbocycles. The van der Waals surface area contributed by atoms with E-state index >= 15 is 0 Å². The van der Waals surface area contributed by atoms with Gasteiger partial charge in [-0.1, -0.05) is 17.7 Å². The van der Waals surface area contributed by atoms with Crippen molar-refractivity contribution in [3.63, 3.8) is 0 Å². The number of furan rings is 1. The Kier molecular flexibility index (Phi) is 5.54. The highest BCUT2D eigenvalue weighted by Crippen LogP contribution is 2.18. The zero-order valence-electron chi connectivity index (χ0n) is 12.6. The van der Waals surface area contributed by atoms with Crippen LogP contribution < -0.4 is 10.2 Å². The standard InChI is InChI=1S/C17H18N2O3/c1-13-7-8-16(14(2)11-13)22-12-17(20)19-18-9-3-5-15-6-4-10-21-15/h3-11H,12H2,1-2H3,(H,19,20). The molecule has 5 heteroatoms. The number of carbonyl (C=O) groups excluding carboxylic acids is 1. The van der Waals surface area contributed by atoms with Crippen LogP contribution in [0.15, 0.2) is 52.2 Å². The summed E-state index contributed by atoms with van der Waals surface area (Å²) in [4.78, 5) is 11.6. The number of aryl methyl sites for hydroxylation is 2. The number of carbonyl (C=O) groups is 1. The average Bonchev–Trinajstić information content (AvgIpc) is 2.99. The number of nitrogens with zero attached hydrogens (tertiary/aromatic N) is 1. The monoisotopic (exact) mass is 298 g/mol. The summed E-state index contributed by atoms with van der Waals surface area (Å²) in [5, 5.41) is 3.79. The lowest BCUT2D eigenvalue weighted by Crippen LogP contribution is -2.24. The number of benzene rings is 1. The van der Waals surface area contributed by atoms with Gasteiger partial charge in [0.15, 0.2) is 6.61 Å². The maximum absolute atomic E-state index is 11.6. The van der Waals surface area contributed by atoms with E-state index in [4.69, 9.17) is 9.15 Å². The largest absolute Gasteiger partial charge is 0.483 e. The lowest BCUT2D eigenvalue weighted by Gasteiger charge is -2.08. The molecule has 5 nitrogen and oxygen atoms in total. The molecular weight excluding hydrogens is 280 g/mol. The number of allylic oxidation sites excluding steroid dienone is 1. The molecule has 1 N–H and O–H groups in total. The quantitative estimate of drug-likeness (QED) is 0.658. The van der Waals surface area contributed by atoms with Crippen LogP contribution in [0.5, 0.6) is 5.75 Å². The minimum Gasteiger partial charge on any atom is -0.483 e. The Morgan fingerprint density at radius 2 is 2.23 bits per heavy atom. The van der Waals surface area contributed by atoms with Crippen molar-refractivity contribution < 1.29 is 13.9 Å². The maximum atomic E-state index is 11.6. The predicted molar refractivity (Wildman–Crippen MR) is 85.8 cm³/mol. The van der Waals surface area contributed by atoms with Gasteiger partial charge >= 0.3 is 0 Å². The first kappa shape index (κ1) is 15.6. The Balaban J connectivity index is 1.73. The number of amides is 1. The minimum atomic E-state index is -0.317. The van der Waals surface area contributed by atoms with E-state index in [9.17, 15) is 4.79 Å². The van der Waals surface area contributed by atoms with E-state index in [0.717, 1.165) is 16.9 Å². The number of rotatable bonds is 6. The van der Waals surface area contributed by atoms with Crippen molar-refractivity contribution in [1.82, 2.24) is 5.43 Å². The first-order valence-corrected chi connectivity index (χ1v) is 6.87. The van der Waals surface area contributed by atoms with Crippen molar-refractivity contribution in [2.45, 2.75) is 13.8 Å². The molecule has 1 heterocycles. The van der Waals surface area contributed by atoms with E-state index in [2.05, 4.69) is 10.5 Å². The van der Waals surface area contributed by atoms with Crippen LogP contribution in [0.4, 0.5) is 0 Å². The van der Waals surface area contributed by atoms with Gasteiger partial charge in [-0.3, -0.25) is 4.79 Å². The molecule has 0 aliphatic heterocycles. The Hall–Kier alpha value is -2.82. The fourth-order valence-corrected chi connectivity index (χ4v) is 1.81. The second-order valence-electron chi connectivity index (χ2n) is 4.75. The first-order chi connectivity index (χ1) is 10.6. The molecule has 0 saturated carbocycles. The van der Waals surface area contributed by atoms with Gasteiger partial charge in [0.05, 0.1) is 6.26 Å². The topological polar surface area (TPSA) is 63.8 Å². The van der Waals surface area contributed by atoms with Gasteiger partial charge in [0.25, 0.3) is 5.91 Å². The molecule has 0 spiro atoms. The molecule has 0 saturated heterocycles. The van der Waals surface area contributed by atoms with E-state index in [1.54, 1.807) is 24.5 Å². The highest BCUT2D eigenvalue weighted by molar-refractivity contribution is 5.81. The van der Waals surface area contributed by atoms with Crippen molar-refractivity contribution in [1.29, 1.82) is 0 Å². The summed E-state index contributed by atoms with van der Waals surface area (Å²) in [6, 6.07) is 9.42. The lowest BCUT2D eigenvalue weighted by atomic mass is 10.1. The lowest BCUT2D eigenvalue weighted by molar-refractivity contribution is -0.123. The number of ether oxygens (including phenoxy) is 1. The molecule has 0 fully saturated rings. The van der Waals surface area contributed by atoms with Crippen molar-refractivity contribution in [2.75, 3.05) is 6.61 Å². The van der Waals surface area contributed by atoms with E-state index in [0.29, 0.717) is 5.75 Å². The fourth-order valence-electron chi connectivity index (χ4n) is 1.81. The van der Waals surface area contributed by atoms with Gasteiger partial charge in [-0.25, -0.2) is 5.43 Å². The molecule has 1 aromatic heterocycles. The second kappa shape index (κ2) is 7.83. The van der Waals surface area contributed by atoms with Gasteiger partial charge in [-0.2, -0.15) is 5.10 Å². The fraction of sp³-hybridized carbons (Fsp3) is 0.176. The molecule has 0 unspecified atom stereocenters. The molecule has 1 amide bonds. The van der Waals surface area contributed by atoms with Gasteiger partial charge in [-0.15, -0.1) is 0 Å². The molecule has 0 radical (unpaired) electrons. The van der Waals surface area contributed by atoms with Crippen LogP contribution in [0.25, 0.3) is 6.08 Å². The molecule has 114 valence electrons. The summed E-state index contributed by atoms with van der Waals surface area (Å²) in [6.07, 6.45) is 6.46. The average molecular weight is 298 g/mol. The van der Waals surface area contributed by atoms with E-state index in [1.807, 2.05) is 38.1 Å². The van der Waals surface area contributed by atoms with Gasteiger partial charge in [0.2, 0.25) is 0 Å². The third kappa shape index (κ3) is 4.94. The molecule has 0 aliphatic rings. The van der Waals surface area contributed by atoms with Crippen molar-refractivity contribution in [2.24, 2.45) is 5.10 Å². The van der Waals surface area contributed by atoms with Crippen LogP contribution in [-0.2, 0) is 4.79 Å². The third-order valence-electron chi connectivity index (χ3n) is 2.84. The third-order valence-corrected chi connectivity index (χ3v) is 2.84. The first-order valence-electron chi connectivity index (χ1n) is 6.87. The zero-order chi connectivity index (χ0) is 15.8. The van der Waals surface area contributed by atoms with Gasteiger partial charge in [0, 0.05) is 6.21 Å². The van der Waals surface area contributed by atoms with Crippen LogP contribution in [0, 0.1) is 13.8 Å². The summed E-state index contributed by atoms with van der Waals surface area (Å²) in [5.74, 6) is 1.10. The molecular formula is C17H18N2O3. The van der Waals surface area contributed by atoms with Gasteiger partial charge < -0.3 is 9.15 Å². The summed E-state index contributed by atoms with van der Waals surface area (Å²) >= 11 is 0. The molecule has 0 bridgehead atoms. The number of hydrogen-bond donors (Lipinski definition) is 1. The Morgan fingerprint density at radius 1 is 1.36 bits per heavy atom. The summed E-state index contributed by atoms with van der Waals surface area (Å²) < 4.78 is 10.6. The molecule has 0 atom stereocenters. The summed E-state index contributed by atoms with van der Waals surface area (Å²) in [5.41, 5.74) is 4.54. The number of hydrazone groups is 1. The van der Waals surface area contributed by atoms with Gasteiger partial charge in [-0.05, 0) is 49.8 Å². The highest BCUT2D eigenvalue weighted by Gasteiger charge is 2.03. The van der Waals surface area contributed by atoms with E-state index in [1.165, 1.54) is 6.21 Å². The Bertz CT molecular complexity index is 673. The minimum absolute atomic E-state index is 0.0802. The van der Waals surface area contributed by atoms with Crippen LogP contribution in [0.3, 0.4) is 0 Å². The van der Waals surface area contributed by atoms with Crippen LogP contribution >= 0.6 is 0 Å². The highest BCUT2D eigenvalue weighted by atomic mass is 16.5. The normalized spacial score (nSPS) is 11.2. The SMILES string of the molecule is Cc1ccc(OCC(=O)NN=CC=Cc2ccco2)c(C)c1. The molecule has 1 aromatic carbocycles. The van der Waals surface area contributed by atoms with Crippen LogP contribution in [-0.4, -0.2) is 18.7 Å². The molecule has 2 aromatic rings. The number of hydrogen-bond acceptors (Lipinski definition) is 4. The second-order valence-corrected chi connectivity index (χ2v) is 4.75. The Labute approximate surface area is 129 Å². The van der Waals surface area contributed by atoms with Crippen molar-refractivity contribution in [3.05, 3.63) is 59.6 Å². The molecule has 22 heavy (non-hydrogen) atoms. The smallest absolute Gasteiger partial charge is 0.277 e. The van der Waals surface area contributed by atoms with E-state index < -0.39 is 0 Å². The van der Waals surface area contributed by atoms with Crippen molar-refractivity contribution in [3.8, 4) is 5.75 Å². The number of nitrogens with one attached hydrogen (secondary N) is 1. The molecule has 2 rings (SSSR count). The van der Waals surface area contributed by atoms with Gasteiger partial charge in [0.1, 0.15) is 11.5 Å². The van der Waals surface area contributed by atoms with Crippen LogP contribution in [0.2, 0.25) is 0 Å². The Morgan fingerprint density at radius 3 is 2.95 bits per heavy atom.